The van der Waals surface area contributed by atoms with Crippen molar-refractivity contribution in [2.24, 2.45) is 0 Å². The molecule has 0 radical (unpaired) electrons. The Morgan fingerprint density at radius 1 is 1.39 bits per heavy atom. The molecule has 1 fully saturated rings. The van der Waals surface area contributed by atoms with Gasteiger partial charge in [0.25, 0.3) is 0 Å². The summed E-state index contributed by atoms with van der Waals surface area (Å²) < 4.78 is 1.81. The van der Waals surface area contributed by atoms with Crippen molar-refractivity contribution in [1.82, 2.24) is 9.78 Å². The zero-order chi connectivity index (χ0) is 12.7. The summed E-state index contributed by atoms with van der Waals surface area (Å²) >= 11 is 0. The number of carboxylic acid groups (broad SMARTS) is 1. The van der Waals surface area contributed by atoms with Gasteiger partial charge in [0.15, 0.2) is 0 Å². The second kappa shape index (κ2) is 3.98. The molecule has 3 rings (SSSR count). The van der Waals surface area contributed by atoms with E-state index >= 15 is 0 Å². The minimum atomic E-state index is -0.891. The van der Waals surface area contributed by atoms with Gasteiger partial charge in [0.05, 0.1) is 16.9 Å². The summed E-state index contributed by atoms with van der Waals surface area (Å²) in [7, 11) is 0. The van der Waals surface area contributed by atoms with Gasteiger partial charge in [0.1, 0.15) is 0 Å². The molecule has 1 N–H and O–H groups in total. The van der Waals surface area contributed by atoms with E-state index < -0.39 is 5.97 Å². The largest absolute Gasteiger partial charge is 0.478 e. The lowest BCUT2D eigenvalue weighted by atomic mass is 10.1. The number of nitrogens with zero attached hydrogens (tertiary/aromatic N) is 2. The molecule has 18 heavy (non-hydrogen) atoms. The number of benzene rings is 1. The first-order valence-electron chi connectivity index (χ1n) is 6.05. The molecule has 0 atom stereocenters. The van der Waals surface area contributed by atoms with Gasteiger partial charge in [-0.2, -0.15) is 5.10 Å². The average Bonchev–Trinajstić information content (AvgIpc) is 3.06. The maximum Gasteiger partial charge on any atom is 0.335 e. The van der Waals surface area contributed by atoms with Crippen LogP contribution in [0.15, 0.2) is 30.5 Å². The van der Waals surface area contributed by atoms with Gasteiger partial charge in [0.2, 0.25) is 0 Å². The predicted octanol–water partition coefficient (Wildman–Crippen LogP) is 2.76. The van der Waals surface area contributed by atoms with Gasteiger partial charge in [-0.25, -0.2) is 9.48 Å². The molecule has 0 aliphatic heterocycles. The van der Waals surface area contributed by atoms with E-state index in [1.807, 2.05) is 23.0 Å². The third kappa shape index (κ3) is 1.90. The fourth-order valence-corrected chi connectivity index (χ4v) is 2.11. The first-order valence-corrected chi connectivity index (χ1v) is 6.05. The Hall–Kier alpha value is -2.10. The Morgan fingerprint density at radius 3 is 2.78 bits per heavy atom. The lowest BCUT2D eigenvalue weighted by molar-refractivity contribution is 0.0696. The molecular formula is C14H14N2O2. The molecule has 1 heterocycles. The van der Waals surface area contributed by atoms with E-state index in [1.165, 1.54) is 12.8 Å². The minimum absolute atomic E-state index is 0.341. The number of carbonyl (C=O) groups is 1. The Labute approximate surface area is 105 Å². The molecule has 1 aromatic carbocycles. The number of aromatic carboxylic acids is 1. The predicted molar refractivity (Wildman–Crippen MR) is 67.2 cm³/mol. The van der Waals surface area contributed by atoms with Crippen molar-refractivity contribution < 1.29 is 9.90 Å². The van der Waals surface area contributed by atoms with E-state index in [0.29, 0.717) is 11.5 Å². The van der Waals surface area contributed by atoms with E-state index in [-0.39, 0.29) is 0 Å². The van der Waals surface area contributed by atoms with E-state index in [9.17, 15) is 4.79 Å². The first kappa shape index (κ1) is 11.0. The third-order valence-electron chi connectivity index (χ3n) is 3.31. The quantitative estimate of drug-likeness (QED) is 0.900. The van der Waals surface area contributed by atoms with Crippen LogP contribution in [0.3, 0.4) is 0 Å². The number of hydrogen-bond acceptors (Lipinski definition) is 2. The van der Waals surface area contributed by atoms with Gasteiger partial charge >= 0.3 is 5.97 Å². The van der Waals surface area contributed by atoms with Crippen LogP contribution in [0.25, 0.3) is 5.69 Å². The Balaban J connectivity index is 1.95. The van der Waals surface area contributed by atoms with Crippen LogP contribution >= 0.6 is 0 Å². The van der Waals surface area contributed by atoms with Crippen molar-refractivity contribution >= 4 is 5.97 Å². The number of carboxylic acids is 1. The zero-order valence-electron chi connectivity index (χ0n) is 10.1. The molecule has 1 aliphatic rings. The Morgan fingerprint density at radius 2 is 2.17 bits per heavy atom. The van der Waals surface area contributed by atoms with E-state index in [0.717, 1.165) is 16.9 Å². The summed E-state index contributed by atoms with van der Waals surface area (Å²) in [5.41, 5.74) is 3.14. The van der Waals surface area contributed by atoms with Gasteiger partial charge in [0, 0.05) is 12.1 Å². The Bertz CT molecular complexity index is 612. The van der Waals surface area contributed by atoms with Crippen LogP contribution in [0, 0.1) is 6.92 Å². The summed E-state index contributed by atoms with van der Waals surface area (Å²) in [6.07, 6.45) is 4.39. The summed E-state index contributed by atoms with van der Waals surface area (Å²) in [5, 5.41) is 13.5. The number of rotatable bonds is 3. The second-order valence-electron chi connectivity index (χ2n) is 4.76. The van der Waals surface area contributed by atoms with Gasteiger partial charge in [-0.3, -0.25) is 0 Å². The fourth-order valence-electron chi connectivity index (χ4n) is 2.11. The van der Waals surface area contributed by atoms with Gasteiger partial charge in [-0.05, 0) is 49.6 Å². The summed E-state index contributed by atoms with van der Waals surface area (Å²) in [5.74, 6) is -0.260. The maximum atomic E-state index is 10.9. The van der Waals surface area contributed by atoms with Crippen molar-refractivity contribution in [1.29, 1.82) is 0 Å². The molecule has 4 nitrogen and oxygen atoms in total. The maximum absolute atomic E-state index is 10.9. The monoisotopic (exact) mass is 242 g/mol. The average molecular weight is 242 g/mol. The van der Waals surface area contributed by atoms with Crippen molar-refractivity contribution in [3.63, 3.8) is 0 Å². The van der Waals surface area contributed by atoms with Crippen molar-refractivity contribution in [2.45, 2.75) is 25.7 Å². The third-order valence-corrected chi connectivity index (χ3v) is 3.31. The van der Waals surface area contributed by atoms with E-state index in [4.69, 9.17) is 5.11 Å². The lowest BCUT2D eigenvalue weighted by Gasteiger charge is -2.05. The van der Waals surface area contributed by atoms with E-state index in [1.54, 1.807) is 19.1 Å². The summed E-state index contributed by atoms with van der Waals surface area (Å²) in [6, 6.07) is 7.32. The highest BCUT2D eigenvalue weighted by molar-refractivity contribution is 5.89. The molecule has 1 saturated carbocycles. The van der Waals surface area contributed by atoms with Crippen LogP contribution in [0.2, 0.25) is 0 Å². The number of aryl methyl sites for hydroxylation is 1. The zero-order valence-corrected chi connectivity index (χ0v) is 10.1. The van der Waals surface area contributed by atoms with Crippen molar-refractivity contribution in [3.8, 4) is 5.69 Å². The molecule has 2 aromatic rings. The Kier molecular flexibility index (Phi) is 2.44. The molecule has 0 saturated heterocycles. The number of aromatic nitrogens is 2. The van der Waals surface area contributed by atoms with Crippen LogP contribution in [0.4, 0.5) is 0 Å². The highest BCUT2D eigenvalue weighted by atomic mass is 16.4. The topological polar surface area (TPSA) is 55.1 Å². The smallest absolute Gasteiger partial charge is 0.335 e. The molecular weight excluding hydrogens is 228 g/mol. The molecule has 0 spiro atoms. The molecule has 0 amide bonds. The van der Waals surface area contributed by atoms with Crippen LogP contribution in [-0.4, -0.2) is 20.9 Å². The van der Waals surface area contributed by atoms with Crippen molar-refractivity contribution in [3.05, 3.63) is 47.3 Å². The van der Waals surface area contributed by atoms with Gasteiger partial charge in [-0.1, -0.05) is 0 Å². The molecule has 0 unspecified atom stereocenters. The summed E-state index contributed by atoms with van der Waals surface area (Å²) in [6.45, 7) is 1.80. The molecule has 0 bridgehead atoms. The number of hydrogen-bond donors (Lipinski definition) is 1. The van der Waals surface area contributed by atoms with Gasteiger partial charge < -0.3 is 5.11 Å². The fraction of sp³-hybridized carbons (Fsp3) is 0.286. The van der Waals surface area contributed by atoms with Crippen LogP contribution in [-0.2, 0) is 0 Å². The standard InChI is InChI=1S/C14H14N2O2/c1-9-8-11(4-5-12(9)14(17)18)16-7-6-13(15-16)10-2-3-10/h4-8,10H,2-3H2,1H3,(H,17,18). The van der Waals surface area contributed by atoms with Crippen LogP contribution in [0.5, 0.6) is 0 Å². The van der Waals surface area contributed by atoms with Gasteiger partial charge in [-0.15, -0.1) is 0 Å². The minimum Gasteiger partial charge on any atom is -0.478 e. The normalized spacial score (nSPS) is 14.7. The highest BCUT2D eigenvalue weighted by Crippen LogP contribution is 2.39. The highest BCUT2D eigenvalue weighted by Gasteiger charge is 2.25. The first-order chi connectivity index (χ1) is 8.65. The van der Waals surface area contributed by atoms with E-state index in [2.05, 4.69) is 5.10 Å². The van der Waals surface area contributed by atoms with Crippen LogP contribution in [0.1, 0.15) is 40.4 Å². The lowest BCUT2D eigenvalue weighted by Crippen LogP contribution is -2.02. The second-order valence-corrected chi connectivity index (χ2v) is 4.76. The molecule has 1 aliphatic carbocycles. The SMILES string of the molecule is Cc1cc(-n2ccc(C3CC3)n2)ccc1C(=O)O. The van der Waals surface area contributed by atoms with Crippen molar-refractivity contribution in [2.75, 3.05) is 0 Å². The molecule has 92 valence electrons. The summed E-state index contributed by atoms with van der Waals surface area (Å²) in [4.78, 5) is 10.9. The molecule has 1 aromatic heterocycles. The van der Waals surface area contributed by atoms with Crippen LogP contribution < -0.4 is 0 Å². The molecule has 4 heteroatoms.